The molecule has 3 rings (SSSR count). The van der Waals surface area contributed by atoms with Gasteiger partial charge in [0.25, 0.3) is 0 Å². The molecule has 5 heteroatoms. The summed E-state index contributed by atoms with van der Waals surface area (Å²) in [6, 6.07) is 7.46. The van der Waals surface area contributed by atoms with Gasteiger partial charge >= 0.3 is 5.97 Å². The molecule has 25 heavy (non-hydrogen) atoms. The Bertz CT molecular complexity index is 741. The van der Waals surface area contributed by atoms with E-state index in [9.17, 15) is 19.8 Å². The van der Waals surface area contributed by atoms with Crippen molar-refractivity contribution >= 4 is 11.8 Å². The van der Waals surface area contributed by atoms with Gasteiger partial charge in [-0.3, -0.25) is 4.79 Å². The van der Waals surface area contributed by atoms with Crippen LogP contribution in [0.5, 0.6) is 5.75 Å². The van der Waals surface area contributed by atoms with Crippen molar-refractivity contribution in [3.63, 3.8) is 0 Å². The van der Waals surface area contributed by atoms with Crippen LogP contribution in [-0.4, -0.2) is 26.5 Å². The first kappa shape index (κ1) is 17.3. The number of carbonyl (C=O) groups is 2. The minimum absolute atomic E-state index is 0.0741. The number of aromatic hydroxyl groups is 1. The van der Waals surface area contributed by atoms with E-state index in [1.165, 1.54) is 6.42 Å². The van der Waals surface area contributed by atoms with E-state index in [0.717, 1.165) is 31.2 Å². The topological polar surface area (TPSA) is 79.5 Å². The molecule has 1 heterocycles. The Labute approximate surface area is 146 Å². The Balaban J connectivity index is 1.76. The number of hydrogen-bond acceptors (Lipinski definition) is 3. The first-order valence-electron chi connectivity index (χ1n) is 8.77. The van der Waals surface area contributed by atoms with Gasteiger partial charge in [-0.2, -0.15) is 0 Å². The van der Waals surface area contributed by atoms with Gasteiger partial charge in [0.15, 0.2) is 5.78 Å². The standard InChI is InChI=1S/C20H23NO4/c22-17-8-6-14(7-9-17)12-18(20(24)25)21-11-10-16(13-21)19(23)15-4-2-1-3-5-15/h6-11,13,15,18,22H,1-5,12H2,(H,24,25)/t18-/m0/s1. The third-order valence-electron chi connectivity index (χ3n) is 4.99. The number of ketones is 1. The van der Waals surface area contributed by atoms with E-state index in [1.807, 2.05) is 0 Å². The average molecular weight is 341 g/mol. The Morgan fingerprint density at radius 1 is 1.08 bits per heavy atom. The zero-order valence-corrected chi connectivity index (χ0v) is 14.1. The number of phenolic OH excluding ortho intramolecular Hbond substituents is 1. The smallest absolute Gasteiger partial charge is 0.327 e. The number of carboxylic acids is 1. The van der Waals surface area contributed by atoms with Gasteiger partial charge in [-0.25, -0.2) is 4.79 Å². The minimum Gasteiger partial charge on any atom is -0.508 e. The third kappa shape index (κ3) is 4.10. The number of rotatable bonds is 6. The maximum Gasteiger partial charge on any atom is 0.327 e. The number of aliphatic carboxylic acids is 1. The summed E-state index contributed by atoms with van der Waals surface area (Å²) < 4.78 is 1.60. The van der Waals surface area contributed by atoms with Crippen molar-refractivity contribution in [3.05, 3.63) is 53.9 Å². The molecule has 1 aliphatic rings. The fraction of sp³-hybridized carbons (Fsp3) is 0.400. The van der Waals surface area contributed by atoms with Gasteiger partial charge in [-0.1, -0.05) is 31.4 Å². The molecule has 2 N–H and O–H groups in total. The van der Waals surface area contributed by atoms with Crippen LogP contribution in [0.25, 0.3) is 0 Å². The monoisotopic (exact) mass is 341 g/mol. The van der Waals surface area contributed by atoms with Crippen molar-refractivity contribution in [1.29, 1.82) is 0 Å². The SMILES string of the molecule is O=C(c1ccn([C@@H](Cc2ccc(O)cc2)C(=O)O)c1)C1CCCCC1. The highest BCUT2D eigenvalue weighted by Gasteiger charge is 2.25. The number of nitrogens with zero attached hydrogens (tertiary/aromatic N) is 1. The molecule has 1 aromatic heterocycles. The third-order valence-corrected chi connectivity index (χ3v) is 4.99. The molecule has 0 bridgehead atoms. The summed E-state index contributed by atoms with van der Waals surface area (Å²) in [6.07, 6.45) is 8.87. The van der Waals surface area contributed by atoms with Crippen LogP contribution in [0, 0.1) is 5.92 Å². The number of benzene rings is 1. The molecular weight excluding hydrogens is 318 g/mol. The maximum absolute atomic E-state index is 12.6. The number of Topliss-reactive ketones (excluding diaryl/α,β-unsaturated/α-hetero) is 1. The average Bonchev–Trinajstić information content (AvgIpc) is 3.10. The summed E-state index contributed by atoms with van der Waals surface area (Å²) in [5.74, 6) is -0.588. The molecule has 2 aromatic rings. The molecule has 132 valence electrons. The van der Waals surface area contributed by atoms with E-state index in [2.05, 4.69) is 0 Å². The first-order valence-corrected chi connectivity index (χ1v) is 8.77. The molecule has 0 saturated heterocycles. The molecule has 1 fully saturated rings. The van der Waals surface area contributed by atoms with Crippen LogP contribution in [0.3, 0.4) is 0 Å². The molecule has 1 aliphatic carbocycles. The lowest BCUT2D eigenvalue weighted by molar-refractivity contribution is -0.140. The van der Waals surface area contributed by atoms with Gasteiger partial charge < -0.3 is 14.8 Å². The molecule has 0 aliphatic heterocycles. The predicted octanol–water partition coefficient (Wildman–Crippen LogP) is 3.83. The van der Waals surface area contributed by atoms with E-state index in [-0.39, 0.29) is 17.5 Å². The quantitative estimate of drug-likeness (QED) is 0.783. The highest BCUT2D eigenvalue weighted by atomic mass is 16.4. The van der Waals surface area contributed by atoms with Gasteiger partial charge in [0.1, 0.15) is 11.8 Å². The molecule has 1 atom stereocenters. The lowest BCUT2D eigenvalue weighted by atomic mass is 9.84. The summed E-state index contributed by atoms with van der Waals surface area (Å²) in [7, 11) is 0. The van der Waals surface area contributed by atoms with E-state index in [4.69, 9.17) is 0 Å². The van der Waals surface area contributed by atoms with Crippen molar-refractivity contribution in [3.8, 4) is 5.75 Å². The van der Waals surface area contributed by atoms with E-state index in [1.54, 1.807) is 47.3 Å². The zero-order valence-electron chi connectivity index (χ0n) is 14.1. The molecule has 0 radical (unpaired) electrons. The summed E-state index contributed by atoms with van der Waals surface area (Å²) in [5, 5.41) is 18.9. The summed E-state index contributed by atoms with van der Waals surface area (Å²) in [6.45, 7) is 0. The van der Waals surface area contributed by atoms with Crippen LogP contribution >= 0.6 is 0 Å². The van der Waals surface area contributed by atoms with E-state index in [0.29, 0.717) is 12.0 Å². The number of hydrogen-bond donors (Lipinski definition) is 2. The summed E-state index contributed by atoms with van der Waals surface area (Å²) >= 11 is 0. The van der Waals surface area contributed by atoms with Crippen molar-refractivity contribution in [1.82, 2.24) is 4.57 Å². The Hall–Kier alpha value is -2.56. The van der Waals surface area contributed by atoms with Crippen molar-refractivity contribution in [2.45, 2.75) is 44.6 Å². The second kappa shape index (κ2) is 7.55. The van der Waals surface area contributed by atoms with Crippen molar-refractivity contribution < 1.29 is 19.8 Å². The van der Waals surface area contributed by atoms with Gasteiger partial charge in [0, 0.05) is 30.3 Å². The fourth-order valence-electron chi connectivity index (χ4n) is 3.53. The number of phenols is 1. The van der Waals surface area contributed by atoms with Crippen LogP contribution in [0.2, 0.25) is 0 Å². The summed E-state index contributed by atoms with van der Waals surface area (Å²) in [4.78, 5) is 24.3. The van der Waals surface area contributed by atoms with E-state index >= 15 is 0 Å². The second-order valence-corrected chi connectivity index (χ2v) is 6.77. The Morgan fingerprint density at radius 2 is 1.76 bits per heavy atom. The molecule has 0 spiro atoms. The minimum atomic E-state index is -0.944. The summed E-state index contributed by atoms with van der Waals surface area (Å²) in [5.41, 5.74) is 1.42. The highest BCUT2D eigenvalue weighted by Crippen LogP contribution is 2.27. The number of aromatic nitrogens is 1. The zero-order chi connectivity index (χ0) is 17.8. The van der Waals surface area contributed by atoms with Crippen LogP contribution in [-0.2, 0) is 11.2 Å². The lowest BCUT2D eigenvalue weighted by Gasteiger charge is -2.19. The van der Waals surface area contributed by atoms with Gasteiger partial charge in [-0.15, -0.1) is 0 Å². The molecule has 0 unspecified atom stereocenters. The Morgan fingerprint density at radius 3 is 2.40 bits per heavy atom. The van der Waals surface area contributed by atoms with Crippen molar-refractivity contribution in [2.75, 3.05) is 0 Å². The van der Waals surface area contributed by atoms with Gasteiger partial charge in [0.05, 0.1) is 0 Å². The normalized spacial score (nSPS) is 16.5. The van der Waals surface area contributed by atoms with Crippen LogP contribution in [0.4, 0.5) is 0 Å². The number of carboxylic acid groups (broad SMARTS) is 1. The van der Waals surface area contributed by atoms with Gasteiger partial charge in [0.2, 0.25) is 0 Å². The Kier molecular flexibility index (Phi) is 5.22. The van der Waals surface area contributed by atoms with Gasteiger partial charge in [-0.05, 0) is 36.6 Å². The van der Waals surface area contributed by atoms with Crippen LogP contribution < -0.4 is 0 Å². The number of carbonyl (C=O) groups excluding carboxylic acids is 1. The van der Waals surface area contributed by atoms with E-state index < -0.39 is 12.0 Å². The predicted molar refractivity (Wildman–Crippen MR) is 93.8 cm³/mol. The molecule has 1 saturated carbocycles. The molecule has 5 nitrogen and oxygen atoms in total. The van der Waals surface area contributed by atoms with Crippen LogP contribution in [0.15, 0.2) is 42.7 Å². The fourth-order valence-corrected chi connectivity index (χ4v) is 3.53. The van der Waals surface area contributed by atoms with Crippen LogP contribution in [0.1, 0.15) is 54.1 Å². The maximum atomic E-state index is 12.6. The molecule has 1 aromatic carbocycles. The molecule has 0 amide bonds. The molecular formula is C20H23NO4. The van der Waals surface area contributed by atoms with Crippen molar-refractivity contribution in [2.24, 2.45) is 5.92 Å². The largest absolute Gasteiger partial charge is 0.508 e. The second-order valence-electron chi connectivity index (χ2n) is 6.77. The first-order chi connectivity index (χ1) is 12.0. The highest BCUT2D eigenvalue weighted by molar-refractivity contribution is 5.97. The lowest BCUT2D eigenvalue weighted by Crippen LogP contribution is -2.21.